The second kappa shape index (κ2) is 7.87. The number of thiazole rings is 1. The summed E-state index contributed by atoms with van der Waals surface area (Å²) in [7, 11) is 0. The lowest BCUT2D eigenvalue weighted by Crippen LogP contribution is -2.41. The van der Waals surface area contributed by atoms with Gasteiger partial charge in [-0.15, -0.1) is 11.3 Å². The number of aromatic nitrogens is 1. The van der Waals surface area contributed by atoms with E-state index in [1.54, 1.807) is 11.3 Å². The summed E-state index contributed by atoms with van der Waals surface area (Å²) in [5, 5.41) is 3.49. The molecule has 1 aromatic carbocycles. The van der Waals surface area contributed by atoms with Crippen LogP contribution in [0.15, 0.2) is 24.3 Å². The van der Waals surface area contributed by atoms with Gasteiger partial charge in [0.1, 0.15) is 0 Å². The van der Waals surface area contributed by atoms with Crippen LogP contribution in [0.1, 0.15) is 37.1 Å². The van der Waals surface area contributed by atoms with Gasteiger partial charge >= 0.3 is 12.0 Å². The number of carbonyl (C=O) groups excluding carboxylic acids is 3. The summed E-state index contributed by atoms with van der Waals surface area (Å²) in [5.74, 6) is -0.825. The van der Waals surface area contributed by atoms with Gasteiger partial charge in [0, 0.05) is 19.5 Å². The number of hydrogen-bond acceptors (Lipinski definition) is 6. The van der Waals surface area contributed by atoms with Crippen LogP contribution in [0.3, 0.4) is 0 Å². The van der Waals surface area contributed by atoms with Crippen LogP contribution >= 0.6 is 11.3 Å². The second-order valence-electron chi connectivity index (χ2n) is 7.45. The molecule has 1 saturated heterocycles. The van der Waals surface area contributed by atoms with E-state index < -0.39 is 24.0 Å². The molecule has 2 heterocycles. The van der Waals surface area contributed by atoms with E-state index in [0.29, 0.717) is 19.5 Å². The number of rotatable bonds is 5. The van der Waals surface area contributed by atoms with Gasteiger partial charge < -0.3 is 10.1 Å². The number of ether oxygens (including phenoxy) is 1. The molecule has 0 radical (unpaired) electrons. The fourth-order valence-corrected chi connectivity index (χ4v) is 5.15. The molecule has 1 aliphatic heterocycles. The van der Waals surface area contributed by atoms with Crippen LogP contribution in [0.2, 0.25) is 0 Å². The summed E-state index contributed by atoms with van der Waals surface area (Å²) >= 11 is 1.60. The molecule has 4 rings (SSSR count). The first-order valence-electron chi connectivity index (χ1n) is 9.67. The smallest absolute Gasteiger partial charge is 0.324 e. The van der Waals surface area contributed by atoms with E-state index >= 15 is 0 Å². The van der Waals surface area contributed by atoms with E-state index in [2.05, 4.69) is 10.3 Å². The van der Waals surface area contributed by atoms with Crippen molar-refractivity contribution in [3.8, 4) is 0 Å². The standard InChI is InChI=1S/C20H23N3O4S/c24-17(23-11-10-21-19(23)26)13-27-18(25)20(8-4-1-5-9-20)12-16-22-14-6-2-3-7-15(14)28-16/h2-3,6-7H,1,4-5,8-13H2,(H,21,26). The van der Waals surface area contributed by atoms with Crippen molar-refractivity contribution >= 4 is 39.5 Å². The Labute approximate surface area is 167 Å². The highest BCUT2D eigenvalue weighted by Gasteiger charge is 2.42. The number of carbonyl (C=O) groups is 3. The third-order valence-electron chi connectivity index (χ3n) is 5.56. The molecule has 0 atom stereocenters. The first-order chi connectivity index (χ1) is 13.6. The van der Waals surface area contributed by atoms with Gasteiger partial charge in [-0.05, 0) is 25.0 Å². The molecule has 0 unspecified atom stereocenters. The maximum absolute atomic E-state index is 13.0. The van der Waals surface area contributed by atoms with Crippen molar-refractivity contribution in [2.45, 2.75) is 38.5 Å². The Bertz CT molecular complexity index is 871. The number of imide groups is 1. The monoisotopic (exact) mass is 401 g/mol. The lowest BCUT2D eigenvalue weighted by molar-refractivity contribution is -0.162. The summed E-state index contributed by atoms with van der Waals surface area (Å²) in [4.78, 5) is 42.6. The molecule has 1 aromatic heterocycles. The number of para-hydroxylation sites is 1. The van der Waals surface area contributed by atoms with Crippen molar-refractivity contribution in [2.75, 3.05) is 19.7 Å². The van der Waals surface area contributed by atoms with Gasteiger partial charge in [-0.25, -0.2) is 9.78 Å². The summed E-state index contributed by atoms with van der Waals surface area (Å²) in [5.41, 5.74) is 0.303. The molecule has 28 heavy (non-hydrogen) atoms. The van der Waals surface area contributed by atoms with Gasteiger partial charge in [0.15, 0.2) is 6.61 Å². The van der Waals surface area contributed by atoms with Gasteiger partial charge in [0.05, 0.1) is 20.6 Å². The predicted molar refractivity (Wildman–Crippen MR) is 105 cm³/mol. The van der Waals surface area contributed by atoms with Crippen molar-refractivity contribution in [1.82, 2.24) is 15.2 Å². The fraction of sp³-hybridized carbons (Fsp3) is 0.500. The second-order valence-corrected chi connectivity index (χ2v) is 8.56. The van der Waals surface area contributed by atoms with E-state index in [1.165, 1.54) is 0 Å². The molecular weight excluding hydrogens is 378 g/mol. The molecule has 2 aliphatic rings. The third-order valence-corrected chi connectivity index (χ3v) is 6.59. The average Bonchev–Trinajstić information content (AvgIpc) is 3.31. The van der Waals surface area contributed by atoms with Gasteiger partial charge in [-0.2, -0.15) is 0 Å². The van der Waals surface area contributed by atoms with Crippen molar-refractivity contribution in [1.29, 1.82) is 0 Å². The molecule has 0 bridgehead atoms. The maximum Gasteiger partial charge on any atom is 0.324 e. The molecule has 8 heteroatoms. The fourth-order valence-electron chi connectivity index (χ4n) is 4.03. The van der Waals surface area contributed by atoms with Gasteiger partial charge in [0.2, 0.25) is 0 Å². The Kier molecular flexibility index (Phi) is 5.30. The van der Waals surface area contributed by atoms with E-state index in [1.807, 2.05) is 24.3 Å². The van der Waals surface area contributed by atoms with E-state index in [0.717, 1.165) is 52.2 Å². The molecule has 2 aromatic rings. The molecule has 1 N–H and O–H groups in total. The summed E-state index contributed by atoms with van der Waals surface area (Å²) in [6.07, 6.45) is 5.02. The zero-order valence-electron chi connectivity index (χ0n) is 15.6. The highest BCUT2D eigenvalue weighted by molar-refractivity contribution is 7.18. The topological polar surface area (TPSA) is 88.6 Å². The summed E-state index contributed by atoms with van der Waals surface area (Å²) in [6.45, 7) is 0.347. The van der Waals surface area contributed by atoms with Crippen molar-refractivity contribution in [3.63, 3.8) is 0 Å². The van der Waals surface area contributed by atoms with E-state index in [-0.39, 0.29) is 5.97 Å². The zero-order chi connectivity index (χ0) is 19.6. The first-order valence-corrected chi connectivity index (χ1v) is 10.5. The Morgan fingerprint density at radius 1 is 1.21 bits per heavy atom. The normalized spacial score (nSPS) is 18.9. The minimum atomic E-state index is -0.639. The number of fused-ring (bicyclic) bond motifs is 1. The molecule has 7 nitrogen and oxygen atoms in total. The number of nitrogens with zero attached hydrogens (tertiary/aromatic N) is 2. The van der Waals surface area contributed by atoms with Gasteiger partial charge in [-0.3, -0.25) is 14.5 Å². The molecule has 1 aliphatic carbocycles. The molecule has 3 amide bonds. The lowest BCUT2D eigenvalue weighted by Gasteiger charge is -2.34. The van der Waals surface area contributed by atoms with Crippen LogP contribution in [0, 0.1) is 5.41 Å². The van der Waals surface area contributed by atoms with Crippen molar-refractivity contribution < 1.29 is 19.1 Å². The van der Waals surface area contributed by atoms with Crippen molar-refractivity contribution in [2.24, 2.45) is 5.41 Å². The minimum Gasteiger partial charge on any atom is -0.455 e. The number of amides is 3. The van der Waals surface area contributed by atoms with E-state index in [4.69, 9.17) is 4.74 Å². The Hall–Kier alpha value is -2.48. The number of urea groups is 1. The first kappa shape index (κ1) is 18.9. The third kappa shape index (κ3) is 3.73. The molecule has 2 fully saturated rings. The van der Waals surface area contributed by atoms with Gasteiger partial charge in [-0.1, -0.05) is 31.4 Å². The maximum atomic E-state index is 13.0. The highest BCUT2D eigenvalue weighted by atomic mass is 32.1. The van der Waals surface area contributed by atoms with Crippen LogP contribution in [-0.2, 0) is 20.7 Å². The van der Waals surface area contributed by atoms with Gasteiger partial charge in [0.25, 0.3) is 5.91 Å². The lowest BCUT2D eigenvalue weighted by atomic mass is 9.72. The van der Waals surface area contributed by atoms with E-state index in [9.17, 15) is 14.4 Å². The minimum absolute atomic E-state index is 0.312. The largest absolute Gasteiger partial charge is 0.455 e. The average molecular weight is 401 g/mol. The van der Waals surface area contributed by atoms with Crippen LogP contribution in [0.25, 0.3) is 10.2 Å². The van der Waals surface area contributed by atoms with Crippen molar-refractivity contribution in [3.05, 3.63) is 29.3 Å². The van der Waals surface area contributed by atoms with Crippen LogP contribution < -0.4 is 5.32 Å². The van der Waals surface area contributed by atoms with Crippen LogP contribution in [-0.4, -0.2) is 47.5 Å². The number of esters is 1. The Balaban J connectivity index is 1.47. The molecule has 148 valence electrons. The summed E-state index contributed by atoms with van der Waals surface area (Å²) in [6, 6.07) is 7.51. The van der Waals surface area contributed by atoms with Crippen LogP contribution in [0.4, 0.5) is 4.79 Å². The Morgan fingerprint density at radius 3 is 2.71 bits per heavy atom. The number of nitrogens with one attached hydrogen (secondary N) is 1. The predicted octanol–water partition coefficient (Wildman–Crippen LogP) is 2.88. The number of benzene rings is 1. The Morgan fingerprint density at radius 2 is 2.00 bits per heavy atom. The van der Waals surface area contributed by atoms with Crippen LogP contribution in [0.5, 0.6) is 0 Å². The molecular formula is C20H23N3O4S. The molecule has 0 spiro atoms. The quantitative estimate of drug-likeness (QED) is 0.779. The highest BCUT2D eigenvalue weighted by Crippen LogP contribution is 2.41. The summed E-state index contributed by atoms with van der Waals surface area (Å²) < 4.78 is 6.52. The zero-order valence-corrected chi connectivity index (χ0v) is 16.4. The number of hydrogen-bond donors (Lipinski definition) is 1. The molecule has 1 saturated carbocycles. The SMILES string of the molecule is O=C(COC(=O)C1(Cc2nc3ccccc3s2)CCCCC1)N1CCNC1=O.